The molecule has 1 aliphatic rings. The third-order valence-electron chi connectivity index (χ3n) is 7.54. The molecule has 1 aliphatic heterocycles. The van der Waals surface area contributed by atoms with Crippen molar-refractivity contribution in [2.45, 2.75) is 30.0 Å². The van der Waals surface area contributed by atoms with Crippen LogP contribution in [0.25, 0.3) is 0 Å². The number of hydrogen-bond donors (Lipinski definition) is 3. The van der Waals surface area contributed by atoms with Crippen LogP contribution in [0.4, 0.5) is 11.4 Å². The molecule has 5 rings (SSSR count). The Morgan fingerprint density at radius 2 is 1.62 bits per heavy atom. The number of anilines is 2. The summed E-state index contributed by atoms with van der Waals surface area (Å²) in [6.45, 7) is 1.09. The fourth-order valence-electron chi connectivity index (χ4n) is 5.17. The molecular formula is C35H36N4O5S. The van der Waals surface area contributed by atoms with Gasteiger partial charge in [-0.05, 0) is 65.6 Å². The summed E-state index contributed by atoms with van der Waals surface area (Å²) >= 11 is 1.42. The molecule has 0 aromatic heterocycles. The number of methoxy groups -OCH3 is 2. The lowest BCUT2D eigenvalue weighted by Gasteiger charge is -2.25. The van der Waals surface area contributed by atoms with Gasteiger partial charge in [0.05, 0.1) is 19.5 Å². The van der Waals surface area contributed by atoms with Crippen molar-refractivity contribution in [2.24, 2.45) is 5.73 Å². The van der Waals surface area contributed by atoms with Crippen LogP contribution in [-0.4, -0.2) is 43.7 Å². The Balaban J connectivity index is 1.28. The molecule has 3 amide bonds. The smallest absolute Gasteiger partial charge is 0.248 e. The summed E-state index contributed by atoms with van der Waals surface area (Å²) in [5.41, 5.74) is 10.4. The molecule has 0 bridgehead atoms. The highest BCUT2D eigenvalue weighted by atomic mass is 32.2. The SMILES string of the molecule is COc1ccc(CCNC(=O)C[C@H]2S[C@@H](c3ccc(NCc4ccccc4)cc3)N(c3cccc(C(N)=O)c3)C2=O)cc1OC. The number of nitrogens with zero attached hydrogens (tertiary/aromatic N) is 1. The van der Waals surface area contributed by atoms with E-state index in [0.717, 1.165) is 16.8 Å². The van der Waals surface area contributed by atoms with Gasteiger partial charge >= 0.3 is 0 Å². The molecule has 0 spiro atoms. The van der Waals surface area contributed by atoms with Crippen LogP contribution >= 0.6 is 11.8 Å². The number of thioether (sulfide) groups is 1. The molecule has 1 saturated heterocycles. The normalized spacial score (nSPS) is 15.9. The average molecular weight is 625 g/mol. The van der Waals surface area contributed by atoms with E-state index in [9.17, 15) is 14.4 Å². The number of ether oxygens (including phenoxy) is 2. The zero-order chi connectivity index (χ0) is 31.8. The third-order valence-corrected chi connectivity index (χ3v) is 8.98. The van der Waals surface area contributed by atoms with E-state index in [4.69, 9.17) is 15.2 Å². The zero-order valence-electron chi connectivity index (χ0n) is 25.2. The highest BCUT2D eigenvalue weighted by Crippen LogP contribution is 2.47. The number of carbonyl (C=O) groups is 3. The van der Waals surface area contributed by atoms with E-state index in [0.29, 0.717) is 42.3 Å². The molecule has 9 nitrogen and oxygen atoms in total. The lowest BCUT2D eigenvalue weighted by Crippen LogP contribution is -2.34. The van der Waals surface area contributed by atoms with Crippen LogP contribution < -0.4 is 30.7 Å². The Kier molecular flexibility index (Phi) is 10.3. The molecule has 10 heteroatoms. The van der Waals surface area contributed by atoms with Gasteiger partial charge in [-0.1, -0.05) is 54.6 Å². The molecule has 0 radical (unpaired) electrons. The van der Waals surface area contributed by atoms with Crippen LogP contribution in [0.3, 0.4) is 0 Å². The summed E-state index contributed by atoms with van der Waals surface area (Å²) in [5, 5.41) is 5.37. The first-order valence-electron chi connectivity index (χ1n) is 14.6. The first-order valence-corrected chi connectivity index (χ1v) is 15.5. The van der Waals surface area contributed by atoms with Gasteiger partial charge in [0.2, 0.25) is 17.7 Å². The van der Waals surface area contributed by atoms with Crippen molar-refractivity contribution in [3.63, 3.8) is 0 Å². The number of carbonyl (C=O) groups excluding carboxylic acids is 3. The maximum atomic E-state index is 13.8. The van der Waals surface area contributed by atoms with E-state index in [1.165, 1.54) is 17.3 Å². The minimum Gasteiger partial charge on any atom is -0.493 e. The molecule has 1 heterocycles. The van der Waals surface area contributed by atoms with Gasteiger partial charge in [-0.25, -0.2) is 0 Å². The average Bonchev–Trinajstić information content (AvgIpc) is 3.39. The zero-order valence-corrected chi connectivity index (χ0v) is 26.0. The first-order chi connectivity index (χ1) is 21.9. The van der Waals surface area contributed by atoms with Gasteiger partial charge in [0.25, 0.3) is 0 Å². The molecule has 4 N–H and O–H groups in total. The van der Waals surface area contributed by atoms with Crippen molar-refractivity contribution >= 4 is 40.9 Å². The second kappa shape index (κ2) is 14.7. The van der Waals surface area contributed by atoms with Crippen molar-refractivity contribution in [2.75, 3.05) is 31.0 Å². The van der Waals surface area contributed by atoms with E-state index in [2.05, 4.69) is 22.8 Å². The Bertz CT molecular complexity index is 1650. The Labute approximate surface area is 267 Å². The Morgan fingerprint density at radius 3 is 2.33 bits per heavy atom. The Hall–Kier alpha value is -4.96. The van der Waals surface area contributed by atoms with Crippen molar-refractivity contribution in [3.05, 3.63) is 119 Å². The van der Waals surface area contributed by atoms with E-state index in [-0.39, 0.29) is 18.2 Å². The van der Waals surface area contributed by atoms with Gasteiger partial charge in [-0.3, -0.25) is 19.3 Å². The van der Waals surface area contributed by atoms with Gasteiger partial charge in [-0.2, -0.15) is 0 Å². The van der Waals surface area contributed by atoms with Gasteiger partial charge in [0, 0.05) is 36.4 Å². The highest BCUT2D eigenvalue weighted by Gasteiger charge is 2.42. The van der Waals surface area contributed by atoms with Crippen LogP contribution in [-0.2, 0) is 22.6 Å². The standard InChI is InChI=1S/C35H36N4O5S/c1-43-29-16-11-23(19-30(29)44-2)17-18-37-32(40)21-31-34(42)39(28-10-6-9-26(20-28)33(36)41)35(45-31)25-12-14-27(15-13-25)38-22-24-7-4-3-5-8-24/h3-16,19-20,31,35,38H,17-18,21-22H2,1-2H3,(H2,36,41)(H,37,40)/t31-,35+/m1/s1. The van der Waals surface area contributed by atoms with Crippen molar-refractivity contribution in [1.82, 2.24) is 5.32 Å². The topological polar surface area (TPSA) is 123 Å². The third kappa shape index (κ3) is 7.77. The number of hydrogen-bond acceptors (Lipinski definition) is 7. The first kappa shape index (κ1) is 31.5. The summed E-state index contributed by atoms with van der Waals surface area (Å²) in [5.74, 6) is 0.273. The lowest BCUT2D eigenvalue weighted by atomic mass is 10.1. The number of amides is 3. The largest absolute Gasteiger partial charge is 0.493 e. The van der Waals surface area contributed by atoms with Gasteiger partial charge in [0.15, 0.2) is 11.5 Å². The van der Waals surface area contributed by atoms with Crippen LogP contribution in [0.2, 0.25) is 0 Å². The van der Waals surface area contributed by atoms with Gasteiger partial charge in [-0.15, -0.1) is 11.8 Å². The molecule has 0 saturated carbocycles. The second-order valence-electron chi connectivity index (χ2n) is 10.6. The molecule has 4 aromatic rings. The van der Waals surface area contributed by atoms with Crippen LogP contribution in [0.1, 0.15) is 38.8 Å². The quantitative estimate of drug-likeness (QED) is 0.184. The van der Waals surface area contributed by atoms with E-state index in [1.54, 1.807) is 43.4 Å². The molecular weight excluding hydrogens is 588 g/mol. The van der Waals surface area contributed by atoms with Crippen molar-refractivity contribution < 1.29 is 23.9 Å². The van der Waals surface area contributed by atoms with E-state index in [1.807, 2.05) is 60.7 Å². The molecule has 4 aromatic carbocycles. The molecule has 0 unspecified atom stereocenters. The Morgan fingerprint density at radius 1 is 0.867 bits per heavy atom. The number of primary amides is 1. The van der Waals surface area contributed by atoms with Crippen LogP contribution in [0.5, 0.6) is 11.5 Å². The summed E-state index contributed by atoms with van der Waals surface area (Å²) < 4.78 is 10.7. The summed E-state index contributed by atoms with van der Waals surface area (Å²) in [7, 11) is 3.16. The van der Waals surface area contributed by atoms with Gasteiger partial charge < -0.3 is 25.8 Å². The number of benzene rings is 4. The maximum Gasteiger partial charge on any atom is 0.248 e. The summed E-state index contributed by atoms with van der Waals surface area (Å²) in [6.07, 6.45) is 0.617. The monoisotopic (exact) mass is 624 g/mol. The lowest BCUT2D eigenvalue weighted by molar-refractivity contribution is -0.124. The molecule has 2 atom stereocenters. The van der Waals surface area contributed by atoms with E-state index < -0.39 is 16.5 Å². The minimum atomic E-state index is -0.607. The van der Waals surface area contributed by atoms with Crippen molar-refractivity contribution in [1.29, 1.82) is 0 Å². The second-order valence-corrected chi connectivity index (χ2v) is 11.8. The number of rotatable bonds is 13. The highest BCUT2D eigenvalue weighted by molar-refractivity contribution is 8.01. The van der Waals surface area contributed by atoms with Crippen LogP contribution in [0, 0.1) is 0 Å². The molecule has 1 fully saturated rings. The van der Waals surface area contributed by atoms with Crippen LogP contribution in [0.15, 0.2) is 97.1 Å². The van der Waals surface area contributed by atoms with Crippen molar-refractivity contribution in [3.8, 4) is 11.5 Å². The van der Waals surface area contributed by atoms with Gasteiger partial charge in [0.1, 0.15) is 5.37 Å². The predicted molar refractivity (Wildman–Crippen MR) is 178 cm³/mol. The summed E-state index contributed by atoms with van der Waals surface area (Å²) in [6, 6.07) is 30.4. The predicted octanol–water partition coefficient (Wildman–Crippen LogP) is 5.31. The fraction of sp³-hybridized carbons (Fsp3) is 0.229. The van der Waals surface area contributed by atoms with E-state index >= 15 is 0 Å². The fourth-order valence-corrected chi connectivity index (χ4v) is 6.62. The number of nitrogens with one attached hydrogen (secondary N) is 2. The molecule has 45 heavy (non-hydrogen) atoms. The summed E-state index contributed by atoms with van der Waals surface area (Å²) in [4.78, 5) is 40.4. The maximum absolute atomic E-state index is 13.8. The molecule has 232 valence electrons. The number of nitrogens with two attached hydrogens (primary N) is 1. The molecule has 0 aliphatic carbocycles. The minimum absolute atomic E-state index is 0.0225.